The van der Waals surface area contributed by atoms with Crippen molar-refractivity contribution in [1.29, 1.82) is 0 Å². The van der Waals surface area contributed by atoms with Crippen LogP contribution in [0.25, 0.3) is 10.9 Å². The Balaban J connectivity index is 2.39. The Bertz CT molecular complexity index is 499. The number of rotatable bonds is 2. The van der Waals surface area contributed by atoms with E-state index in [4.69, 9.17) is 4.74 Å². The number of ether oxygens (including phenoxy) is 1. The maximum Gasteiger partial charge on any atom is 0.302 e. The second-order valence-electron chi connectivity index (χ2n) is 3.56. The van der Waals surface area contributed by atoms with Gasteiger partial charge in [0, 0.05) is 36.6 Å². The predicted molar refractivity (Wildman–Crippen MR) is 58.4 cm³/mol. The lowest BCUT2D eigenvalue weighted by Gasteiger charge is -1.99. The van der Waals surface area contributed by atoms with Crippen molar-refractivity contribution >= 4 is 16.9 Å². The van der Waals surface area contributed by atoms with Crippen molar-refractivity contribution in [2.75, 3.05) is 0 Å². The quantitative estimate of drug-likeness (QED) is 0.701. The molecule has 3 nitrogen and oxygen atoms in total. The van der Waals surface area contributed by atoms with Crippen LogP contribution in [-0.4, -0.2) is 10.5 Å². The molecule has 0 spiro atoms. The molecule has 1 heterocycles. The predicted octanol–water partition coefficient (Wildman–Crippen LogP) is 2.24. The number of hydrogen-bond donors (Lipinski definition) is 0. The number of fused-ring (bicyclic) bond motifs is 1. The fourth-order valence-corrected chi connectivity index (χ4v) is 1.72. The van der Waals surface area contributed by atoms with Gasteiger partial charge in [-0.1, -0.05) is 18.2 Å². The van der Waals surface area contributed by atoms with Gasteiger partial charge in [-0.15, -0.1) is 0 Å². The number of aryl methyl sites for hydroxylation is 1. The topological polar surface area (TPSA) is 31.2 Å². The Morgan fingerprint density at radius 2 is 2.13 bits per heavy atom. The zero-order chi connectivity index (χ0) is 10.8. The van der Waals surface area contributed by atoms with Gasteiger partial charge >= 0.3 is 5.97 Å². The molecule has 1 aromatic carbocycles. The summed E-state index contributed by atoms with van der Waals surface area (Å²) in [6, 6.07) is 8.07. The standard InChI is InChI=1S/C12H13NO2/c1-9(14)15-8-10-7-13(2)12-6-4-3-5-11(10)12/h3-7H,8H2,1-2H3. The maximum atomic E-state index is 10.7. The lowest BCUT2D eigenvalue weighted by Crippen LogP contribution is -1.97. The van der Waals surface area contributed by atoms with Crippen LogP contribution in [0.2, 0.25) is 0 Å². The monoisotopic (exact) mass is 203 g/mol. The summed E-state index contributed by atoms with van der Waals surface area (Å²) in [5.74, 6) is -0.247. The van der Waals surface area contributed by atoms with Crippen LogP contribution in [-0.2, 0) is 23.2 Å². The van der Waals surface area contributed by atoms with E-state index in [2.05, 4.69) is 0 Å². The van der Waals surface area contributed by atoms with Crippen molar-refractivity contribution in [1.82, 2.24) is 4.57 Å². The van der Waals surface area contributed by atoms with E-state index in [1.807, 2.05) is 42.1 Å². The number of aromatic nitrogens is 1. The largest absolute Gasteiger partial charge is 0.461 e. The molecule has 2 rings (SSSR count). The summed E-state index contributed by atoms with van der Waals surface area (Å²) in [7, 11) is 1.99. The van der Waals surface area contributed by atoms with Crippen molar-refractivity contribution in [3.63, 3.8) is 0 Å². The molecule has 2 aromatic rings. The van der Waals surface area contributed by atoms with E-state index in [1.165, 1.54) is 6.92 Å². The first kappa shape index (κ1) is 9.77. The number of esters is 1. The highest BCUT2D eigenvalue weighted by Gasteiger charge is 2.06. The van der Waals surface area contributed by atoms with Gasteiger partial charge in [0.1, 0.15) is 6.61 Å². The maximum absolute atomic E-state index is 10.7. The van der Waals surface area contributed by atoms with Gasteiger partial charge < -0.3 is 9.30 Å². The first-order valence-electron chi connectivity index (χ1n) is 4.85. The lowest BCUT2D eigenvalue weighted by molar-refractivity contribution is -0.142. The Kier molecular flexibility index (Phi) is 2.46. The Hall–Kier alpha value is -1.77. The van der Waals surface area contributed by atoms with E-state index in [9.17, 15) is 4.79 Å². The second kappa shape index (κ2) is 3.77. The molecule has 1 aromatic heterocycles. The molecule has 0 fully saturated rings. The van der Waals surface area contributed by atoms with E-state index >= 15 is 0 Å². The van der Waals surface area contributed by atoms with E-state index in [-0.39, 0.29) is 5.97 Å². The van der Waals surface area contributed by atoms with Gasteiger partial charge in [0.25, 0.3) is 0 Å². The van der Waals surface area contributed by atoms with Crippen LogP contribution in [0.15, 0.2) is 30.5 Å². The fourth-order valence-electron chi connectivity index (χ4n) is 1.72. The average Bonchev–Trinajstić information content (AvgIpc) is 2.54. The third-order valence-electron chi connectivity index (χ3n) is 2.41. The van der Waals surface area contributed by atoms with E-state index in [0.29, 0.717) is 6.61 Å². The van der Waals surface area contributed by atoms with E-state index in [0.717, 1.165) is 16.5 Å². The number of hydrogen-bond acceptors (Lipinski definition) is 2. The molecule has 0 amide bonds. The summed E-state index contributed by atoms with van der Waals surface area (Å²) in [5.41, 5.74) is 2.20. The van der Waals surface area contributed by atoms with Gasteiger partial charge in [0.15, 0.2) is 0 Å². The Morgan fingerprint density at radius 3 is 2.87 bits per heavy atom. The molecule has 0 atom stereocenters. The minimum Gasteiger partial charge on any atom is -0.461 e. The molecular formula is C12H13NO2. The van der Waals surface area contributed by atoms with Gasteiger partial charge in [0.2, 0.25) is 0 Å². The van der Waals surface area contributed by atoms with Gasteiger partial charge in [-0.2, -0.15) is 0 Å². The summed E-state index contributed by atoms with van der Waals surface area (Å²) < 4.78 is 7.03. The minimum absolute atomic E-state index is 0.247. The molecular weight excluding hydrogens is 190 g/mol. The highest BCUT2D eigenvalue weighted by molar-refractivity contribution is 5.83. The van der Waals surface area contributed by atoms with Crippen LogP contribution in [0.4, 0.5) is 0 Å². The van der Waals surface area contributed by atoms with Gasteiger partial charge in [-0.25, -0.2) is 0 Å². The molecule has 0 radical (unpaired) electrons. The number of carbonyl (C=O) groups is 1. The molecule has 0 N–H and O–H groups in total. The Labute approximate surface area is 88.3 Å². The van der Waals surface area contributed by atoms with Gasteiger partial charge in [-0.05, 0) is 6.07 Å². The molecule has 3 heteroatoms. The van der Waals surface area contributed by atoms with Crippen molar-refractivity contribution in [2.45, 2.75) is 13.5 Å². The Morgan fingerprint density at radius 1 is 1.40 bits per heavy atom. The summed E-state index contributed by atoms with van der Waals surface area (Å²) in [5, 5.41) is 1.14. The van der Waals surface area contributed by atoms with Crippen molar-refractivity contribution in [3.05, 3.63) is 36.0 Å². The van der Waals surface area contributed by atoms with Crippen molar-refractivity contribution in [3.8, 4) is 0 Å². The van der Waals surface area contributed by atoms with Crippen LogP contribution in [0, 0.1) is 0 Å². The fraction of sp³-hybridized carbons (Fsp3) is 0.250. The molecule has 0 saturated carbocycles. The highest BCUT2D eigenvalue weighted by Crippen LogP contribution is 2.20. The molecule has 0 unspecified atom stereocenters. The first-order valence-corrected chi connectivity index (χ1v) is 4.85. The molecule has 78 valence electrons. The number of para-hydroxylation sites is 1. The molecule has 0 aliphatic heterocycles. The molecule has 0 aliphatic carbocycles. The summed E-state index contributed by atoms with van der Waals surface area (Å²) in [4.78, 5) is 10.7. The normalized spacial score (nSPS) is 10.5. The molecule has 0 aliphatic rings. The zero-order valence-electron chi connectivity index (χ0n) is 8.86. The van der Waals surface area contributed by atoms with Crippen LogP contribution in [0.5, 0.6) is 0 Å². The van der Waals surface area contributed by atoms with Crippen LogP contribution in [0.1, 0.15) is 12.5 Å². The summed E-state index contributed by atoms with van der Waals surface area (Å²) >= 11 is 0. The lowest BCUT2D eigenvalue weighted by atomic mass is 10.2. The van der Waals surface area contributed by atoms with Gasteiger partial charge in [0.05, 0.1) is 0 Å². The van der Waals surface area contributed by atoms with Crippen LogP contribution < -0.4 is 0 Å². The zero-order valence-corrected chi connectivity index (χ0v) is 8.86. The van der Waals surface area contributed by atoms with E-state index in [1.54, 1.807) is 0 Å². The smallest absolute Gasteiger partial charge is 0.302 e. The highest BCUT2D eigenvalue weighted by atomic mass is 16.5. The molecule has 15 heavy (non-hydrogen) atoms. The summed E-state index contributed by atoms with van der Waals surface area (Å²) in [6.45, 7) is 1.77. The number of carbonyl (C=O) groups excluding carboxylic acids is 1. The van der Waals surface area contributed by atoms with E-state index < -0.39 is 0 Å². The van der Waals surface area contributed by atoms with Gasteiger partial charge in [-0.3, -0.25) is 4.79 Å². The average molecular weight is 203 g/mol. The second-order valence-corrected chi connectivity index (χ2v) is 3.56. The number of nitrogens with zero attached hydrogens (tertiary/aromatic N) is 1. The minimum atomic E-state index is -0.247. The first-order chi connectivity index (χ1) is 7.18. The summed E-state index contributed by atoms with van der Waals surface area (Å²) in [6.07, 6.45) is 1.99. The van der Waals surface area contributed by atoms with Crippen LogP contribution >= 0.6 is 0 Å². The van der Waals surface area contributed by atoms with Crippen molar-refractivity contribution < 1.29 is 9.53 Å². The van der Waals surface area contributed by atoms with Crippen LogP contribution in [0.3, 0.4) is 0 Å². The molecule has 0 saturated heterocycles. The third-order valence-corrected chi connectivity index (χ3v) is 2.41. The molecule has 0 bridgehead atoms. The third kappa shape index (κ3) is 1.86. The number of benzene rings is 1. The SMILES string of the molecule is CC(=O)OCc1cn(C)c2ccccc12. The van der Waals surface area contributed by atoms with Crippen molar-refractivity contribution in [2.24, 2.45) is 7.05 Å².